The smallest absolute Gasteiger partial charge is 0.240 e. The van der Waals surface area contributed by atoms with Crippen molar-refractivity contribution < 1.29 is 9.90 Å². The number of aryl methyl sites for hydroxylation is 1. The van der Waals surface area contributed by atoms with Crippen LogP contribution in [-0.4, -0.2) is 32.6 Å². The molecule has 1 aromatic heterocycles. The van der Waals surface area contributed by atoms with E-state index in [0.717, 1.165) is 30.0 Å². The molecule has 0 saturated carbocycles. The summed E-state index contributed by atoms with van der Waals surface area (Å²) in [5.74, 6) is 0.316. The number of anilines is 1. The molecule has 3 rings (SSSR count). The quantitative estimate of drug-likeness (QED) is 0.946. The Hall–Kier alpha value is -1.95. The van der Waals surface area contributed by atoms with Gasteiger partial charge in [-0.2, -0.15) is 5.10 Å². The predicted molar refractivity (Wildman–Crippen MR) is 82.5 cm³/mol. The average molecular weight is 303 g/mol. The fourth-order valence-electron chi connectivity index (χ4n) is 2.47. The Bertz CT molecular complexity index is 656. The first-order valence-corrected chi connectivity index (χ1v) is 7.78. The third kappa shape index (κ3) is 2.90. The number of aromatic nitrogens is 2. The second-order valence-electron chi connectivity index (χ2n) is 5.08. The Balaban J connectivity index is 1.78. The highest BCUT2D eigenvalue weighted by molar-refractivity contribution is 8.00. The number of piperidine rings is 1. The molecule has 0 aliphatic carbocycles. The Labute approximate surface area is 127 Å². The highest BCUT2D eigenvalue weighted by atomic mass is 32.2. The molecular weight excluding hydrogens is 286 g/mol. The van der Waals surface area contributed by atoms with Gasteiger partial charge in [0, 0.05) is 24.7 Å². The van der Waals surface area contributed by atoms with E-state index in [1.165, 1.54) is 11.8 Å². The topological polar surface area (TPSA) is 58.4 Å². The number of hydrogen-bond donors (Lipinski definition) is 1. The first-order valence-electron chi connectivity index (χ1n) is 6.90. The molecule has 1 aromatic carbocycles. The number of carbonyl (C=O) groups excluding carboxylic acids is 1. The van der Waals surface area contributed by atoms with Gasteiger partial charge in [0.05, 0.1) is 17.1 Å². The lowest BCUT2D eigenvalue weighted by atomic mass is 10.1. The van der Waals surface area contributed by atoms with Gasteiger partial charge in [-0.25, -0.2) is 0 Å². The molecule has 0 unspecified atom stereocenters. The van der Waals surface area contributed by atoms with Crippen molar-refractivity contribution >= 4 is 23.4 Å². The van der Waals surface area contributed by atoms with Crippen LogP contribution in [0.3, 0.4) is 0 Å². The lowest BCUT2D eigenvalue weighted by Crippen LogP contribution is -2.42. The Kier molecular flexibility index (Phi) is 3.88. The van der Waals surface area contributed by atoms with Gasteiger partial charge in [0.25, 0.3) is 0 Å². The predicted octanol–water partition coefficient (Wildman–Crippen LogP) is 2.41. The van der Waals surface area contributed by atoms with E-state index < -0.39 is 0 Å². The summed E-state index contributed by atoms with van der Waals surface area (Å²) in [6.45, 7) is 0.725. The standard InChI is InChI=1S/C15H17N3O2S/c1-17-10-11(9-16-17)18-8-4-7-14(15(18)20)21-13-6-3-2-5-12(13)19/h2-3,5-6,9-10,14,19H,4,7-8H2,1H3/t14-/m0/s1. The maximum Gasteiger partial charge on any atom is 0.240 e. The first kappa shape index (κ1) is 14.0. The molecule has 1 aliphatic heterocycles. The van der Waals surface area contributed by atoms with Crippen molar-refractivity contribution in [3.05, 3.63) is 36.7 Å². The van der Waals surface area contributed by atoms with Crippen LogP contribution in [0, 0.1) is 0 Å². The number of aromatic hydroxyl groups is 1. The van der Waals surface area contributed by atoms with Gasteiger partial charge in [0.1, 0.15) is 5.75 Å². The Morgan fingerprint density at radius 1 is 1.38 bits per heavy atom. The molecule has 1 fully saturated rings. The zero-order valence-electron chi connectivity index (χ0n) is 11.8. The van der Waals surface area contributed by atoms with Gasteiger partial charge in [-0.05, 0) is 25.0 Å². The third-order valence-electron chi connectivity index (χ3n) is 3.53. The molecule has 21 heavy (non-hydrogen) atoms. The number of benzene rings is 1. The number of hydrogen-bond acceptors (Lipinski definition) is 4. The Morgan fingerprint density at radius 2 is 2.19 bits per heavy atom. The molecule has 0 bridgehead atoms. The van der Waals surface area contributed by atoms with Crippen LogP contribution in [0.25, 0.3) is 0 Å². The van der Waals surface area contributed by atoms with E-state index >= 15 is 0 Å². The van der Waals surface area contributed by atoms with Crippen molar-refractivity contribution in [1.29, 1.82) is 0 Å². The van der Waals surface area contributed by atoms with Crippen LogP contribution in [0.5, 0.6) is 5.75 Å². The van der Waals surface area contributed by atoms with Crippen LogP contribution in [-0.2, 0) is 11.8 Å². The summed E-state index contributed by atoms with van der Waals surface area (Å²) in [6.07, 6.45) is 5.34. The highest BCUT2D eigenvalue weighted by Gasteiger charge is 2.31. The van der Waals surface area contributed by atoms with Crippen LogP contribution in [0.4, 0.5) is 5.69 Å². The number of amides is 1. The minimum absolute atomic E-state index is 0.0857. The fourth-order valence-corrected chi connectivity index (χ4v) is 3.63. The van der Waals surface area contributed by atoms with Crippen LogP contribution in [0.15, 0.2) is 41.6 Å². The van der Waals surface area contributed by atoms with E-state index in [1.807, 2.05) is 25.4 Å². The summed E-state index contributed by atoms with van der Waals surface area (Å²) < 4.78 is 1.70. The number of carbonyl (C=O) groups is 1. The maximum atomic E-state index is 12.6. The Morgan fingerprint density at radius 3 is 2.90 bits per heavy atom. The second-order valence-corrected chi connectivity index (χ2v) is 6.32. The SMILES string of the molecule is Cn1cc(N2CCC[C@H](Sc3ccccc3O)C2=O)cn1. The van der Waals surface area contributed by atoms with E-state index in [0.29, 0.717) is 0 Å². The van der Waals surface area contributed by atoms with Crippen LogP contribution >= 0.6 is 11.8 Å². The summed E-state index contributed by atoms with van der Waals surface area (Å²) in [5.41, 5.74) is 0.838. The number of rotatable bonds is 3. The largest absolute Gasteiger partial charge is 0.507 e. The van der Waals surface area contributed by atoms with Crippen LogP contribution in [0.1, 0.15) is 12.8 Å². The highest BCUT2D eigenvalue weighted by Crippen LogP contribution is 2.36. The lowest BCUT2D eigenvalue weighted by molar-refractivity contribution is -0.119. The normalized spacial score (nSPS) is 19.0. The van der Waals surface area contributed by atoms with Gasteiger partial charge in [-0.15, -0.1) is 11.8 Å². The van der Waals surface area contributed by atoms with Crippen molar-refractivity contribution in [3.8, 4) is 5.75 Å². The fraction of sp³-hybridized carbons (Fsp3) is 0.333. The summed E-state index contributed by atoms with van der Waals surface area (Å²) in [5, 5.41) is 13.8. The van der Waals surface area contributed by atoms with Gasteiger partial charge >= 0.3 is 0 Å². The molecule has 0 spiro atoms. The molecule has 1 aliphatic rings. The van der Waals surface area contributed by atoms with Gasteiger partial charge in [-0.1, -0.05) is 12.1 Å². The van der Waals surface area contributed by atoms with Gasteiger partial charge in [-0.3, -0.25) is 9.48 Å². The van der Waals surface area contributed by atoms with E-state index in [4.69, 9.17) is 0 Å². The van der Waals surface area contributed by atoms with E-state index in [2.05, 4.69) is 5.10 Å². The number of thioether (sulfide) groups is 1. The number of phenols is 1. The van der Waals surface area contributed by atoms with Crippen LogP contribution < -0.4 is 4.90 Å². The minimum Gasteiger partial charge on any atom is -0.507 e. The first-order chi connectivity index (χ1) is 10.1. The number of para-hydroxylation sites is 1. The summed E-state index contributed by atoms with van der Waals surface area (Å²) in [7, 11) is 1.84. The molecule has 6 heteroatoms. The lowest BCUT2D eigenvalue weighted by Gasteiger charge is -2.31. The monoisotopic (exact) mass is 303 g/mol. The second kappa shape index (κ2) is 5.81. The molecule has 0 radical (unpaired) electrons. The molecule has 5 nitrogen and oxygen atoms in total. The molecular formula is C15H17N3O2S. The zero-order valence-corrected chi connectivity index (χ0v) is 12.6. The average Bonchev–Trinajstić information content (AvgIpc) is 2.90. The zero-order chi connectivity index (χ0) is 14.8. The molecule has 2 aromatic rings. The van der Waals surface area contributed by atoms with Gasteiger partial charge < -0.3 is 10.0 Å². The number of nitrogens with zero attached hydrogens (tertiary/aromatic N) is 3. The summed E-state index contributed by atoms with van der Waals surface area (Å²) >= 11 is 1.44. The van der Waals surface area contributed by atoms with Crippen LogP contribution in [0.2, 0.25) is 0 Å². The van der Waals surface area contributed by atoms with Gasteiger partial charge in [0.2, 0.25) is 5.91 Å². The molecule has 2 heterocycles. The van der Waals surface area contributed by atoms with E-state index in [-0.39, 0.29) is 16.9 Å². The van der Waals surface area contributed by atoms with Gasteiger partial charge in [0.15, 0.2) is 0 Å². The van der Waals surface area contributed by atoms with Crippen molar-refractivity contribution in [2.24, 2.45) is 7.05 Å². The summed E-state index contributed by atoms with van der Waals surface area (Å²) in [4.78, 5) is 15.2. The third-order valence-corrected chi connectivity index (χ3v) is 4.85. The molecule has 1 N–H and O–H groups in total. The van der Waals surface area contributed by atoms with Crippen molar-refractivity contribution in [2.75, 3.05) is 11.4 Å². The molecule has 110 valence electrons. The minimum atomic E-state index is -0.160. The van der Waals surface area contributed by atoms with Crippen molar-refractivity contribution in [3.63, 3.8) is 0 Å². The molecule has 1 atom stereocenters. The van der Waals surface area contributed by atoms with Crippen molar-refractivity contribution in [2.45, 2.75) is 23.0 Å². The summed E-state index contributed by atoms with van der Waals surface area (Å²) in [6, 6.07) is 7.14. The van der Waals surface area contributed by atoms with E-state index in [1.54, 1.807) is 27.9 Å². The molecule has 1 amide bonds. The van der Waals surface area contributed by atoms with Crippen molar-refractivity contribution in [1.82, 2.24) is 9.78 Å². The maximum absolute atomic E-state index is 12.6. The molecule has 1 saturated heterocycles. The van der Waals surface area contributed by atoms with E-state index in [9.17, 15) is 9.90 Å². The number of phenolic OH excluding ortho intramolecular Hbond substituents is 1.